The number of anilines is 1. The summed E-state index contributed by atoms with van der Waals surface area (Å²) in [6.45, 7) is 6.92. The van der Waals surface area contributed by atoms with Crippen LogP contribution in [0.15, 0.2) is 18.2 Å². The zero-order valence-corrected chi connectivity index (χ0v) is 13.4. The number of benzene rings is 1. The van der Waals surface area contributed by atoms with Crippen LogP contribution in [0.1, 0.15) is 45.1 Å². The van der Waals surface area contributed by atoms with Gasteiger partial charge in [0.2, 0.25) is 0 Å². The molecule has 118 valence electrons. The van der Waals surface area contributed by atoms with E-state index in [2.05, 4.69) is 31.1 Å². The molecule has 0 aliphatic carbocycles. The van der Waals surface area contributed by atoms with Crippen molar-refractivity contribution in [2.45, 2.75) is 46.1 Å². The number of nitrogens with zero attached hydrogens (tertiary/aromatic N) is 2. The maximum Gasteiger partial charge on any atom is 0.269 e. The zero-order chi connectivity index (χ0) is 15.7. The summed E-state index contributed by atoms with van der Waals surface area (Å²) >= 11 is 0. The van der Waals surface area contributed by atoms with Crippen molar-refractivity contribution in [2.75, 3.05) is 25.5 Å². The Balaban J connectivity index is 2.79. The van der Waals surface area contributed by atoms with Gasteiger partial charge in [-0.25, -0.2) is 0 Å². The SMILES string of the molecule is CCCCCN(C)Cc1cc([N+](=O)[O-])ccc1NCCC. The van der Waals surface area contributed by atoms with Gasteiger partial charge in [0.15, 0.2) is 0 Å². The fourth-order valence-electron chi connectivity index (χ4n) is 2.26. The molecule has 0 fully saturated rings. The van der Waals surface area contributed by atoms with Crippen LogP contribution >= 0.6 is 0 Å². The molecule has 0 unspecified atom stereocenters. The standard InChI is InChI=1S/C16H27N3O2/c1-4-6-7-11-18(3)13-14-12-15(19(20)21)8-9-16(14)17-10-5-2/h8-9,12,17H,4-7,10-11,13H2,1-3H3. The molecule has 0 bridgehead atoms. The first-order valence-corrected chi connectivity index (χ1v) is 7.78. The van der Waals surface area contributed by atoms with Crippen molar-refractivity contribution in [3.8, 4) is 0 Å². The Hall–Kier alpha value is -1.62. The summed E-state index contributed by atoms with van der Waals surface area (Å²) in [5.74, 6) is 0. The summed E-state index contributed by atoms with van der Waals surface area (Å²) in [6.07, 6.45) is 4.62. The molecule has 0 heterocycles. The van der Waals surface area contributed by atoms with Crippen molar-refractivity contribution in [1.29, 1.82) is 0 Å². The molecule has 0 atom stereocenters. The van der Waals surface area contributed by atoms with E-state index in [1.54, 1.807) is 12.1 Å². The summed E-state index contributed by atoms with van der Waals surface area (Å²) in [5.41, 5.74) is 2.16. The van der Waals surface area contributed by atoms with Gasteiger partial charge in [0.25, 0.3) is 5.69 Å². The maximum absolute atomic E-state index is 10.9. The van der Waals surface area contributed by atoms with Gasteiger partial charge in [-0.05, 0) is 38.1 Å². The second-order valence-electron chi connectivity index (χ2n) is 5.47. The lowest BCUT2D eigenvalue weighted by atomic mass is 10.1. The molecule has 0 aliphatic heterocycles. The smallest absolute Gasteiger partial charge is 0.269 e. The molecule has 21 heavy (non-hydrogen) atoms. The summed E-state index contributed by atoms with van der Waals surface area (Å²) in [7, 11) is 2.07. The van der Waals surface area contributed by atoms with Crippen LogP contribution in [0.25, 0.3) is 0 Å². The van der Waals surface area contributed by atoms with E-state index in [-0.39, 0.29) is 10.6 Å². The first kappa shape index (κ1) is 17.4. The highest BCUT2D eigenvalue weighted by Crippen LogP contribution is 2.23. The van der Waals surface area contributed by atoms with Gasteiger partial charge in [-0.15, -0.1) is 0 Å². The van der Waals surface area contributed by atoms with Crippen LogP contribution in [0.5, 0.6) is 0 Å². The molecule has 0 aliphatic rings. The van der Waals surface area contributed by atoms with Gasteiger partial charge in [-0.2, -0.15) is 0 Å². The van der Waals surface area contributed by atoms with Crippen LogP contribution in [0, 0.1) is 10.1 Å². The van der Waals surface area contributed by atoms with Crippen LogP contribution < -0.4 is 5.32 Å². The van der Waals surface area contributed by atoms with Crippen molar-refractivity contribution < 1.29 is 4.92 Å². The lowest BCUT2D eigenvalue weighted by molar-refractivity contribution is -0.384. The van der Waals surface area contributed by atoms with Crippen LogP contribution in [-0.2, 0) is 6.54 Å². The predicted octanol–water partition coefficient (Wildman–Crippen LogP) is 4.04. The predicted molar refractivity (Wildman–Crippen MR) is 87.7 cm³/mol. The number of hydrogen-bond acceptors (Lipinski definition) is 4. The molecular formula is C16H27N3O2. The number of nitrogens with one attached hydrogen (secondary N) is 1. The van der Waals surface area contributed by atoms with Gasteiger partial charge in [-0.3, -0.25) is 10.1 Å². The highest BCUT2D eigenvalue weighted by Gasteiger charge is 2.12. The van der Waals surface area contributed by atoms with E-state index in [1.807, 2.05) is 6.07 Å². The van der Waals surface area contributed by atoms with Gasteiger partial charge < -0.3 is 10.2 Å². The normalized spacial score (nSPS) is 10.9. The molecule has 0 radical (unpaired) electrons. The van der Waals surface area contributed by atoms with Crippen molar-refractivity contribution >= 4 is 11.4 Å². The fraction of sp³-hybridized carbons (Fsp3) is 0.625. The maximum atomic E-state index is 10.9. The van der Waals surface area contributed by atoms with E-state index < -0.39 is 0 Å². The summed E-state index contributed by atoms with van der Waals surface area (Å²) in [5, 5.41) is 14.3. The Kier molecular flexibility index (Phi) is 7.75. The molecule has 0 spiro atoms. The second-order valence-corrected chi connectivity index (χ2v) is 5.47. The monoisotopic (exact) mass is 293 g/mol. The number of rotatable bonds is 10. The van der Waals surface area contributed by atoms with Crippen molar-refractivity contribution in [3.05, 3.63) is 33.9 Å². The number of nitro benzene ring substituents is 1. The zero-order valence-electron chi connectivity index (χ0n) is 13.4. The van der Waals surface area contributed by atoms with Gasteiger partial charge in [-0.1, -0.05) is 26.7 Å². The fourth-order valence-corrected chi connectivity index (χ4v) is 2.26. The van der Waals surface area contributed by atoms with Gasteiger partial charge in [0.1, 0.15) is 0 Å². The van der Waals surface area contributed by atoms with Crippen LogP contribution in [-0.4, -0.2) is 30.0 Å². The van der Waals surface area contributed by atoms with Crippen molar-refractivity contribution in [2.24, 2.45) is 0 Å². The van der Waals surface area contributed by atoms with Gasteiger partial charge in [0, 0.05) is 30.9 Å². The third kappa shape index (κ3) is 6.12. The molecule has 1 N–H and O–H groups in total. The van der Waals surface area contributed by atoms with E-state index in [0.717, 1.165) is 37.3 Å². The van der Waals surface area contributed by atoms with Crippen molar-refractivity contribution in [1.82, 2.24) is 4.90 Å². The van der Waals surface area contributed by atoms with Crippen LogP contribution in [0.2, 0.25) is 0 Å². The second kappa shape index (κ2) is 9.34. The quantitative estimate of drug-likeness (QED) is 0.402. The van der Waals surface area contributed by atoms with Gasteiger partial charge in [0.05, 0.1) is 4.92 Å². The van der Waals surface area contributed by atoms with Crippen molar-refractivity contribution in [3.63, 3.8) is 0 Å². The third-order valence-electron chi connectivity index (χ3n) is 3.45. The minimum Gasteiger partial charge on any atom is -0.385 e. The third-order valence-corrected chi connectivity index (χ3v) is 3.45. The molecule has 0 amide bonds. The average molecular weight is 293 g/mol. The Morgan fingerprint density at radius 1 is 1.24 bits per heavy atom. The minimum atomic E-state index is -0.329. The molecule has 0 saturated heterocycles. The molecule has 0 saturated carbocycles. The summed E-state index contributed by atoms with van der Waals surface area (Å²) in [6, 6.07) is 5.08. The van der Waals surface area contributed by atoms with Gasteiger partial charge >= 0.3 is 0 Å². The van der Waals surface area contributed by atoms with E-state index >= 15 is 0 Å². The number of nitro groups is 1. The van der Waals surface area contributed by atoms with E-state index in [9.17, 15) is 10.1 Å². The topological polar surface area (TPSA) is 58.4 Å². The summed E-state index contributed by atoms with van der Waals surface area (Å²) < 4.78 is 0. The van der Waals surface area contributed by atoms with E-state index in [1.165, 1.54) is 19.3 Å². The lowest BCUT2D eigenvalue weighted by Crippen LogP contribution is -2.20. The Morgan fingerprint density at radius 3 is 2.62 bits per heavy atom. The molecule has 1 aromatic rings. The van der Waals surface area contributed by atoms with E-state index in [0.29, 0.717) is 0 Å². The molecule has 5 nitrogen and oxygen atoms in total. The lowest BCUT2D eigenvalue weighted by Gasteiger charge is -2.19. The van der Waals surface area contributed by atoms with E-state index in [4.69, 9.17) is 0 Å². The molecule has 1 rings (SSSR count). The number of hydrogen-bond donors (Lipinski definition) is 1. The Labute approximate surface area is 127 Å². The van der Waals surface area contributed by atoms with Crippen LogP contribution in [0.3, 0.4) is 0 Å². The first-order valence-electron chi connectivity index (χ1n) is 7.78. The molecule has 1 aromatic carbocycles. The van der Waals surface area contributed by atoms with Crippen LogP contribution in [0.4, 0.5) is 11.4 Å². The summed E-state index contributed by atoms with van der Waals surface area (Å²) in [4.78, 5) is 12.8. The molecular weight excluding hydrogens is 266 g/mol. The Morgan fingerprint density at radius 2 is 2.00 bits per heavy atom. The highest BCUT2D eigenvalue weighted by molar-refractivity contribution is 5.56. The number of non-ortho nitro benzene ring substituents is 1. The first-order chi connectivity index (χ1) is 10.1. The largest absolute Gasteiger partial charge is 0.385 e. The average Bonchev–Trinajstić information content (AvgIpc) is 2.46. The highest BCUT2D eigenvalue weighted by atomic mass is 16.6. The minimum absolute atomic E-state index is 0.161. The Bertz CT molecular complexity index is 449. The molecule has 5 heteroatoms. The molecule has 0 aromatic heterocycles. The number of unbranched alkanes of at least 4 members (excludes halogenated alkanes) is 2.